The number of hydrogen-bond donors (Lipinski definition) is 3. The van der Waals surface area contributed by atoms with Crippen LogP contribution >= 0.6 is 0 Å². The second-order valence-electron chi connectivity index (χ2n) is 7.13. The fourth-order valence-electron chi connectivity index (χ4n) is 2.67. The van der Waals surface area contributed by atoms with Crippen molar-refractivity contribution >= 4 is 6.09 Å². The molecule has 0 bridgehead atoms. The molecule has 1 aromatic carbocycles. The van der Waals surface area contributed by atoms with Crippen LogP contribution in [0.25, 0.3) is 0 Å². The van der Waals surface area contributed by atoms with Crippen LogP contribution in [0.2, 0.25) is 0 Å². The van der Waals surface area contributed by atoms with E-state index < -0.39 is 30.4 Å². The molecular formula is C19H27NO7. The Hall–Kier alpha value is -2.45. The minimum atomic E-state index is -1.27. The fourth-order valence-corrected chi connectivity index (χ4v) is 2.67. The SMILES string of the molecule is C=CCOc1c([C@@H](O)[C@@H](CO)NC(=O)OC(C)(C)C)cc2c(c1C)OCO2. The lowest BCUT2D eigenvalue weighted by molar-refractivity contribution is 0.0345. The number of aliphatic hydroxyl groups excluding tert-OH is 2. The zero-order valence-electron chi connectivity index (χ0n) is 16.1. The Morgan fingerprint density at radius 2 is 2.15 bits per heavy atom. The van der Waals surface area contributed by atoms with Gasteiger partial charge in [0.15, 0.2) is 11.5 Å². The molecule has 0 unspecified atom stereocenters. The molecule has 8 nitrogen and oxygen atoms in total. The number of rotatable bonds is 7. The predicted molar refractivity (Wildman–Crippen MR) is 98.2 cm³/mol. The summed E-state index contributed by atoms with van der Waals surface area (Å²) in [7, 11) is 0. The van der Waals surface area contributed by atoms with Crippen LogP contribution in [0.4, 0.5) is 4.79 Å². The van der Waals surface area contributed by atoms with Crippen molar-refractivity contribution in [3.05, 3.63) is 29.8 Å². The molecule has 1 amide bonds. The lowest BCUT2D eigenvalue weighted by Crippen LogP contribution is -2.44. The Morgan fingerprint density at radius 1 is 1.44 bits per heavy atom. The van der Waals surface area contributed by atoms with Crippen molar-refractivity contribution in [3.8, 4) is 17.2 Å². The number of ether oxygens (including phenoxy) is 4. The predicted octanol–water partition coefficient (Wildman–Crippen LogP) is 2.21. The summed E-state index contributed by atoms with van der Waals surface area (Å²) in [5.41, 5.74) is 0.298. The van der Waals surface area contributed by atoms with E-state index in [1.165, 1.54) is 0 Å². The van der Waals surface area contributed by atoms with Gasteiger partial charge in [-0.15, -0.1) is 0 Å². The molecule has 0 spiro atoms. The Kier molecular flexibility index (Phi) is 6.56. The van der Waals surface area contributed by atoms with E-state index in [9.17, 15) is 15.0 Å². The van der Waals surface area contributed by atoms with Crippen molar-refractivity contribution in [2.75, 3.05) is 20.0 Å². The van der Waals surface area contributed by atoms with Crippen molar-refractivity contribution in [2.24, 2.45) is 0 Å². The van der Waals surface area contributed by atoms with E-state index >= 15 is 0 Å². The summed E-state index contributed by atoms with van der Waals surface area (Å²) in [6, 6.07) is 0.573. The van der Waals surface area contributed by atoms with E-state index in [2.05, 4.69) is 11.9 Å². The normalized spacial score (nSPS) is 15.0. The summed E-state index contributed by atoms with van der Waals surface area (Å²) in [5, 5.41) is 23.0. The van der Waals surface area contributed by atoms with Gasteiger partial charge >= 0.3 is 6.09 Å². The largest absolute Gasteiger partial charge is 0.489 e. The maximum atomic E-state index is 12.0. The van der Waals surface area contributed by atoms with Crippen LogP contribution in [0.3, 0.4) is 0 Å². The molecule has 8 heteroatoms. The second kappa shape index (κ2) is 8.49. The van der Waals surface area contributed by atoms with Crippen LogP contribution in [-0.2, 0) is 4.74 Å². The molecule has 1 heterocycles. The minimum Gasteiger partial charge on any atom is -0.489 e. The maximum absolute atomic E-state index is 12.0. The molecule has 1 aliphatic heterocycles. The van der Waals surface area contributed by atoms with E-state index in [1.54, 1.807) is 39.8 Å². The summed E-state index contributed by atoms with van der Waals surface area (Å²) in [6.45, 7) is 10.3. The lowest BCUT2D eigenvalue weighted by Gasteiger charge is -2.27. The third-order valence-electron chi connectivity index (χ3n) is 3.82. The number of nitrogens with one attached hydrogen (secondary N) is 1. The standard InChI is InChI=1S/C19H27NO7/c1-6-7-24-16-11(2)17-14(25-10-26-17)8-12(16)15(22)13(9-21)20-18(23)27-19(3,4)5/h6,8,13,15,21-22H,1,7,9-10H2,2-5H3,(H,20,23)/t13-,15-/m1/s1. The molecule has 0 aliphatic carbocycles. The zero-order valence-corrected chi connectivity index (χ0v) is 16.1. The number of fused-ring (bicyclic) bond motifs is 1. The van der Waals surface area contributed by atoms with E-state index in [0.717, 1.165) is 0 Å². The number of carbonyl (C=O) groups is 1. The van der Waals surface area contributed by atoms with Gasteiger partial charge in [0, 0.05) is 11.1 Å². The van der Waals surface area contributed by atoms with E-state index in [1.807, 2.05) is 0 Å². The van der Waals surface area contributed by atoms with Gasteiger partial charge in [-0.05, 0) is 33.8 Å². The van der Waals surface area contributed by atoms with E-state index in [4.69, 9.17) is 18.9 Å². The van der Waals surface area contributed by atoms with Gasteiger partial charge in [0.2, 0.25) is 6.79 Å². The smallest absolute Gasteiger partial charge is 0.408 e. The maximum Gasteiger partial charge on any atom is 0.408 e. The van der Waals surface area contributed by atoms with Crippen LogP contribution in [0.5, 0.6) is 17.2 Å². The average molecular weight is 381 g/mol. The van der Waals surface area contributed by atoms with Gasteiger partial charge in [-0.25, -0.2) is 4.79 Å². The van der Waals surface area contributed by atoms with Gasteiger partial charge in [0.1, 0.15) is 24.1 Å². The van der Waals surface area contributed by atoms with Gasteiger partial charge in [-0.3, -0.25) is 0 Å². The highest BCUT2D eigenvalue weighted by atomic mass is 16.7. The van der Waals surface area contributed by atoms with Gasteiger partial charge < -0.3 is 34.5 Å². The Balaban J connectivity index is 2.32. The summed E-state index contributed by atoms with van der Waals surface area (Å²) in [5.74, 6) is 1.38. The van der Waals surface area contributed by atoms with Gasteiger partial charge in [0.05, 0.1) is 12.6 Å². The molecular weight excluding hydrogens is 354 g/mol. The molecule has 150 valence electrons. The highest BCUT2D eigenvalue weighted by Crippen LogP contribution is 2.45. The third kappa shape index (κ3) is 5.05. The fraction of sp³-hybridized carbons (Fsp3) is 0.526. The minimum absolute atomic E-state index is 0.0657. The Morgan fingerprint density at radius 3 is 2.74 bits per heavy atom. The van der Waals surface area contributed by atoms with Crippen LogP contribution in [-0.4, -0.2) is 48.0 Å². The molecule has 0 saturated carbocycles. The zero-order chi connectivity index (χ0) is 20.2. The van der Waals surface area contributed by atoms with Crippen molar-refractivity contribution in [1.82, 2.24) is 5.32 Å². The Labute approximate surface area is 158 Å². The number of carbonyl (C=O) groups excluding carboxylic acids is 1. The molecule has 2 rings (SSSR count). The molecule has 3 N–H and O–H groups in total. The summed E-state index contributed by atoms with van der Waals surface area (Å²) in [4.78, 5) is 12.0. The van der Waals surface area contributed by atoms with Crippen molar-refractivity contribution in [1.29, 1.82) is 0 Å². The number of benzene rings is 1. The number of amides is 1. The van der Waals surface area contributed by atoms with E-state index in [0.29, 0.717) is 28.4 Å². The second-order valence-corrected chi connectivity index (χ2v) is 7.13. The highest BCUT2D eigenvalue weighted by molar-refractivity contribution is 5.68. The number of aliphatic hydroxyl groups is 2. The molecule has 1 aromatic rings. The summed E-state index contributed by atoms with van der Waals surface area (Å²) in [6.07, 6.45) is -0.440. The number of alkyl carbamates (subject to hydrolysis) is 1. The van der Waals surface area contributed by atoms with Gasteiger partial charge in [0.25, 0.3) is 0 Å². The van der Waals surface area contributed by atoms with Crippen molar-refractivity contribution < 1.29 is 34.0 Å². The van der Waals surface area contributed by atoms with Crippen molar-refractivity contribution in [3.63, 3.8) is 0 Å². The average Bonchev–Trinajstić information content (AvgIpc) is 3.05. The molecule has 2 atom stereocenters. The van der Waals surface area contributed by atoms with Gasteiger partial charge in [-0.2, -0.15) is 0 Å². The summed E-state index contributed by atoms with van der Waals surface area (Å²) < 4.78 is 21.7. The first kappa shape index (κ1) is 20.9. The number of hydrogen-bond acceptors (Lipinski definition) is 7. The molecule has 0 saturated heterocycles. The third-order valence-corrected chi connectivity index (χ3v) is 3.82. The Bertz CT molecular complexity index is 696. The molecule has 0 aromatic heterocycles. The van der Waals surface area contributed by atoms with Crippen LogP contribution < -0.4 is 19.5 Å². The van der Waals surface area contributed by atoms with E-state index in [-0.39, 0.29) is 13.4 Å². The van der Waals surface area contributed by atoms with Crippen LogP contribution in [0, 0.1) is 6.92 Å². The first-order valence-electron chi connectivity index (χ1n) is 8.63. The quantitative estimate of drug-likeness (QED) is 0.622. The molecule has 27 heavy (non-hydrogen) atoms. The molecule has 1 aliphatic rings. The van der Waals surface area contributed by atoms with Crippen LogP contribution in [0.1, 0.15) is 38.0 Å². The molecule has 0 fully saturated rings. The monoisotopic (exact) mass is 381 g/mol. The van der Waals surface area contributed by atoms with Crippen molar-refractivity contribution in [2.45, 2.75) is 45.4 Å². The molecule has 0 radical (unpaired) electrons. The van der Waals surface area contributed by atoms with Gasteiger partial charge in [-0.1, -0.05) is 12.7 Å². The summed E-state index contributed by atoms with van der Waals surface area (Å²) >= 11 is 0. The first-order valence-corrected chi connectivity index (χ1v) is 8.63. The lowest BCUT2D eigenvalue weighted by atomic mass is 9.98. The highest BCUT2D eigenvalue weighted by Gasteiger charge is 2.31. The topological polar surface area (TPSA) is 106 Å². The van der Waals surface area contributed by atoms with Crippen LogP contribution in [0.15, 0.2) is 18.7 Å². The first-order chi connectivity index (χ1) is 12.7.